The minimum Gasteiger partial charge on any atom is -0.289 e. The molecule has 0 unspecified atom stereocenters. The zero-order valence-corrected chi connectivity index (χ0v) is 15.6. The molecule has 5 aromatic carbocycles. The summed E-state index contributed by atoms with van der Waals surface area (Å²) >= 11 is 0. The summed E-state index contributed by atoms with van der Waals surface area (Å²) in [6.45, 7) is 0. The highest BCUT2D eigenvalue weighted by atomic mass is 16.1. The fourth-order valence-electron chi connectivity index (χ4n) is 4.15. The van der Waals surface area contributed by atoms with Gasteiger partial charge in [-0.1, -0.05) is 60.7 Å². The maximum Gasteiger partial charge on any atom is 0.195 e. The smallest absolute Gasteiger partial charge is 0.195 e. The lowest BCUT2D eigenvalue weighted by Gasteiger charge is -1.98. The van der Waals surface area contributed by atoms with Crippen molar-refractivity contribution in [2.75, 3.05) is 0 Å². The van der Waals surface area contributed by atoms with E-state index >= 15 is 0 Å². The van der Waals surface area contributed by atoms with E-state index in [1.807, 2.05) is 12.1 Å². The Bertz CT molecular complexity index is 1510. The molecule has 0 heterocycles. The van der Waals surface area contributed by atoms with Crippen molar-refractivity contribution in [2.45, 2.75) is 0 Å². The summed E-state index contributed by atoms with van der Waals surface area (Å²) in [6, 6.07) is 25.5. The fraction of sp³-hybridized carbons (Fsp3) is 0. The third-order valence-electron chi connectivity index (χ3n) is 5.49. The Morgan fingerprint density at radius 1 is 0.533 bits per heavy atom. The molecule has 138 valence electrons. The zero-order chi connectivity index (χ0) is 20.8. The summed E-state index contributed by atoms with van der Waals surface area (Å²) in [6.07, 6.45) is 0. The van der Waals surface area contributed by atoms with Crippen molar-refractivity contribution in [1.82, 2.24) is 0 Å². The molecular weight excluding hydrogens is 372 g/mol. The fourth-order valence-corrected chi connectivity index (χ4v) is 4.15. The van der Waals surface area contributed by atoms with Gasteiger partial charge in [0.2, 0.25) is 0 Å². The summed E-state index contributed by atoms with van der Waals surface area (Å²) in [7, 11) is 0. The van der Waals surface area contributed by atoms with Crippen molar-refractivity contribution >= 4 is 21.5 Å². The predicted octanol–water partition coefficient (Wildman–Crippen LogP) is 4.67. The van der Waals surface area contributed by atoms with Crippen molar-refractivity contribution in [3.63, 3.8) is 0 Å². The van der Waals surface area contributed by atoms with E-state index in [1.54, 1.807) is 54.6 Å². The molecule has 0 saturated carbocycles. The Hall–Kier alpha value is -4.54. The molecular formula is C26H12N2O2. The molecule has 0 spiro atoms. The minimum atomic E-state index is -0.282. The highest BCUT2D eigenvalue weighted by molar-refractivity contribution is 6.10. The van der Waals surface area contributed by atoms with Crippen LogP contribution in [0.2, 0.25) is 0 Å². The lowest BCUT2D eigenvalue weighted by molar-refractivity contribution is 1.50. The summed E-state index contributed by atoms with van der Waals surface area (Å²) in [5.74, 6) is 0. The third-order valence-corrected chi connectivity index (χ3v) is 5.49. The summed E-state index contributed by atoms with van der Waals surface area (Å²) in [4.78, 5) is 26.4. The molecule has 4 heteroatoms. The first-order chi connectivity index (χ1) is 14.7. The summed E-state index contributed by atoms with van der Waals surface area (Å²) in [5.41, 5.74) is 1.93. The van der Waals surface area contributed by atoms with Crippen molar-refractivity contribution in [2.24, 2.45) is 0 Å². The van der Waals surface area contributed by atoms with Crippen LogP contribution in [0.15, 0.2) is 82.4 Å². The quantitative estimate of drug-likeness (QED) is 0.443. The molecule has 5 aromatic rings. The Balaban J connectivity index is 1.93. The molecule has 0 N–H and O–H groups in total. The van der Waals surface area contributed by atoms with Gasteiger partial charge in [-0.05, 0) is 23.3 Å². The van der Waals surface area contributed by atoms with Gasteiger partial charge in [-0.2, -0.15) is 10.5 Å². The molecule has 0 aliphatic heterocycles. The molecule has 0 aliphatic carbocycles. The maximum atomic E-state index is 13.2. The molecule has 0 radical (unpaired) electrons. The second kappa shape index (κ2) is 6.51. The van der Waals surface area contributed by atoms with E-state index in [0.717, 1.165) is 0 Å². The van der Waals surface area contributed by atoms with Crippen LogP contribution in [0, 0.1) is 22.7 Å². The van der Waals surface area contributed by atoms with Gasteiger partial charge in [0, 0.05) is 32.7 Å². The van der Waals surface area contributed by atoms with Crippen LogP contribution in [0.1, 0.15) is 11.1 Å². The van der Waals surface area contributed by atoms with Crippen LogP contribution >= 0.6 is 0 Å². The highest BCUT2D eigenvalue weighted by Crippen LogP contribution is 2.35. The normalized spacial score (nSPS) is 10.9. The highest BCUT2D eigenvalue weighted by Gasteiger charge is 2.23. The number of rotatable bonds is 2. The SMILES string of the molecule is N#Cc1c(-c2ccccc2)c(=O)c2cc3c(=O)c(-c4ccccc4)c(C#N)c3cc12. The number of hydrogen-bond acceptors (Lipinski definition) is 4. The van der Waals surface area contributed by atoms with Crippen LogP contribution in [0.4, 0.5) is 0 Å². The molecule has 5 rings (SSSR count). The van der Waals surface area contributed by atoms with E-state index < -0.39 is 0 Å². The number of benzene rings is 3. The molecule has 30 heavy (non-hydrogen) atoms. The molecule has 0 bridgehead atoms. The lowest BCUT2D eigenvalue weighted by Crippen LogP contribution is -2.01. The van der Waals surface area contributed by atoms with E-state index in [-0.39, 0.29) is 22.0 Å². The third kappa shape index (κ3) is 2.32. The van der Waals surface area contributed by atoms with Crippen molar-refractivity contribution in [3.8, 4) is 34.4 Å². The van der Waals surface area contributed by atoms with Crippen molar-refractivity contribution < 1.29 is 0 Å². The number of nitrogens with zero attached hydrogens (tertiary/aromatic N) is 2. The molecule has 0 aliphatic rings. The summed E-state index contributed by atoms with van der Waals surface area (Å²) < 4.78 is 0. The van der Waals surface area contributed by atoms with E-state index in [9.17, 15) is 20.1 Å². The first kappa shape index (κ1) is 17.6. The number of fused-ring (bicyclic) bond motifs is 2. The predicted molar refractivity (Wildman–Crippen MR) is 117 cm³/mol. The lowest BCUT2D eigenvalue weighted by atomic mass is 10.0. The van der Waals surface area contributed by atoms with E-state index in [1.165, 1.54) is 6.07 Å². The average Bonchev–Trinajstić information content (AvgIpc) is 3.23. The first-order valence-electron chi connectivity index (χ1n) is 9.33. The van der Waals surface area contributed by atoms with Crippen LogP contribution in [0.3, 0.4) is 0 Å². The van der Waals surface area contributed by atoms with Gasteiger partial charge in [0.1, 0.15) is 12.1 Å². The van der Waals surface area contributed by atoms with Gasteiger partial charge in [0.15, 0.2) is 10.9 Å². The topological polar surface area (TPSA) is 81.7 Å². The second-order valence-corrected chi connectivity index (χ2v) is 7.06. The Kier molecular flexibility index (Phi) is 3.81. The van der Waals surface area contributed by atoms with Gasteiger partial charge < -0.3 is 0 Å². The van der Waals surface area contributed by atoms with Crippen LogP contribution in [-0.2, 0) is 0 Å². The molecule has 0 amide bonds. The van der Waals surface area contributed by atoms with Crippen LogP contribution in [0.25, 0.3) is 43.8 Å². The van der Waals surface area contributed by atoms with Gasteiger partial charge in [0.05, 0.1) is 11.1 Å². The van der Waals surface area contributed by atoms with Gasteiger partial charge in [-0.25, -0.2) is 0 Å². The van der Waals surface area contributed by atoms with Crippen molar-refractivity contribution in [1.29, 1.82) is 10.5 Å². The van der Waals surface area contributed by atoms with Crippen LogP contribution in [0.5, 0.6) is 0 Å². The standard InChI is InChI=1S/C26H12N2O2/c27-13-21-17-11-18-20(12-19(17)25(29)23(21)15-7-3-1-4-8-15)26(30)24(22(18)14-28)16-9-5-2-6-10-16/h1-12H. The van der Waals surface area contributed by atoms with Gasteiger partial charge in [-0.3, -0.25) is 9.59 Å². The largest absolute Gasteiger partial charge is 0.289 e. The monoisotopic (exact) mass is 384 g/mol. The molecule has 0 fully saturated rings. The maximum absolute atomic E-state index is 13.2. The van der Waals surface area contributed by atoms with Gasteiger partial charge in [0.25, 0.3) is 0 Å². The zero-order valence-electron chi connectivity index (χ0n) is 15.6. The number of hydrogen-bond donors (Lipinski definition) is 0. The minimum absolute atomic E-state index is 0.266. The second-order valence-electron chi connectivity index (χ2n) is 7.06. The molecule has 0 atom stereocenters. The molecule has 0 saturated heterocycles. The Labute approximate surface area is 171 Å². The molecule has 0 aromatic heterocycles. The van der Waals surface area contributed by atoms with Crippen LogP contribution in [-0.4, -0.2) is 0 Å². The van der Waals surface area contributed by atoms with Crippen molar-refractivity contribution in [3.05, 3.63) is 104 Å². The summed E-state index contributed by atoms with van der Waals surface area (Å²) in [5, 5.41) is 21.2. The Morgan fingerprint density at radius 2 is 0.900 bits per heavy atom. The van der Waals surface area contributed by atoms with Gasteiger partial charge in [-0.15, -0.1) is 0 Å². The van der Waals surface area contributed by atoms with E-state index in [0.29, 0.717) is 43.8 Å². The van der Waals surface area contributed by atoms with E-state index in [2.05, 4.69) is 12.1 Å². The van der Waals surface area contributed by atoms with E-state index in [4.69, 9.17) is 0 Å². The first-order valence-corrected chi connectivity index (χ1v) is 9.33. The van der Waals surface area contributed by atoms with Crippen LogP contribution < -0.4 is 10.9 Å². The Morgan fingerprint density at radius 3 is 1.27 bits per heavy atom. The van der Waals surface area contributed by atoms with Gasteiger partial charge >= 0.3 is 0 Å². The molecule has 4 nitrogen and oxygen atoms in total. The number of nitriles is 2. The average molecular weight is 384 g/mol.